The van der Waals surface area contributed by atoms with Crippen molar-refractivity contribution in [2.24, 2.45) is 11.7 Å². The molecule has 1 rings (SSSR count). The van der Waals surface area contributed by atoms with Gasteiger partial charge in [0.2, 0.25) is 11.8 Å². The summed E-state index contributed by atoms with van der Waals surface area (Å²) in [6.45, 7) is 4.03. The number of nitrogens with one attached hydrogen (secondary N) is 2. The fourth-order valence-corrected chi connectivity index (χ4v) is 2.90. The van der Waals surface area contributed by atoms with Crippen molar-refractivity contribution in [3.63, 3.8) is 0 Å². The van der Waals surface area contributed by atoms with E-state index in [0.29, 0.717) is 6.54 Å². The first kappa shape index (κ1) is 17.0. The fourth-order valence-electron chi connectivity index (χ4n) is 2.90. The lowest BCUT2D eigenvalue weighted by Gasteiger charge is -2.26. The van der Waals surface area contributed by atoms with Gasteiger partial charge in [0.25, 0.3) is 0 Å². The first-order chi connectivity index (χ1) is 9.58. The topological polar surface area (TPSA) is 84.2 Å². The Morgan fingerprint density at radius 1 is 1.25 bits per heavy atom. The minimum atomic E-state index is -0.398. The van der Waals surface area contributed by atoms with Gasteiger partial charge in [-0.15, -0.1) is 0 Å². The van der Waals surface area contributed by atoms with E-state index in [2.05, 4.69) is 17.6 Å². The Kier molecular flexibility index (Phi) is 7.59. The standard InChI is InChI=1S/C15H29N3O2/c1-3-4-9-13(10-16)18-15(20)14(17-11(2)19)12-7-5-6-8-12/h12-14H,3-10,16H2,1-2H3,(H,17,19)(H,18,20). The summed E-state index contributed by atoms with van der Waals surface area (Å²) in [6, 6.07) is -0.384. The Hall–Kier alpha value is -1.10. The van der Waals surface area contributed by atoms with E-state index < -0.39 is 6.04 Å². The number of amides is 2. The molecule has 0 aromatic heterocycles. The molecule has 0 bridgehead atoms. The molecule has 1 fully saturated rings. The highest BCUT2D eigenvalue weighted by Crippen LogP contribution is 2.28. The van der Waals surface area contributed by atoms with Crippen LogP contribution in [-0.4, -0.2) is 30.4 Å². The molecule has 1 saturated carbocycles. The SMILES string of the molecule is CCCCC(CN)NC(=O)C(NC(C)=O)C1CCCC1. The smallest absolute Gasteiger partial charge is 0.243 e. The van der Waals surface area contributed by atoms with Gasteiger partial charge in [-0.25, -0.2) is 0 Å². The summed E-state index contributed by atoms with van der Waals surface area (Å²) < 4.78 is 0. The molecule has 0 spiro atoms. The molecule has 0 aromatic rings. The molecule has 5 heteroatoms. The molecule has 20 heavy (non-hydrogen) atoms. The maximum absolute atomic E-state index is 12.4. The molecule has 2 amide bonds. The largest absolute Gasteiger partial charge is 0.350 e. The van der Waals surface area contributed by atoms with Crippen molar-refractivity contribution in [3.8, 4) is 0 Å². The molecular formula is C15H29N3O2. The number of carbonyl (C=O) groups is 2. The molecule has 0 aliphatic heterocycles. The van der Waals surface area contributed by atoms with Crippen molar-refractivity contribution in [3.05, 3.63) is 0 Å². The van der Waals surface area contributed by atoms with Crippen LogP contribution in [0.5, 0.6) is 0 Å². The average molecular weight is 283 g/mol. The van der Waals surface area contributed by atoms with Gasteiger partial charge < -0.3 is 16.4 Å². The van der Waals surface area contributed by atoms with E-state index in [4.69, 9.17) is 5.73 Å². The first-order valence-electron chi connectivity index (χ1n) is 7.86. The average Bonchev–Trinajstić information content (AvgIpc) is 2.94. The van der Waals surface area contributed by atoms with Gasteiger partial charge in [0.1, 0.15) is 6.04 Å². The van der Waals surface area contributed by atoms with Crippen molar-refractivity contribution in [2.45, 2.75) is 70.9 Å². The van der Waals surface area contributed by atoms with Crippen molar-refractivity contribution >= 4 is 11.8 Å². The van der Waals surface area contributed by atoms with Gasteiger partial charge in [0.15, 0.2) is 0 Å². The van der Waals surface area contributed by atoms with Gasteiger partial charge in [-0.05, 0) is 25.2 Å². The van der Waals surface area contributed by atoms with E-state index in [1.807, 2.05) is 0 Å². The molecule has 0 saturated heterocycles. The van der Waals surface area contributed by atoms with Crippen LogP contribution in [0.2, 0.25) is 0 Å². The Labute approximate surface area is 122 Å². The molecule has 1 aliphatic carbocycles. The Morgan fingerprint density at radius 3 is 2.40 bits per heavy atom. The minimum Gasteiger partial charge on any atom is -0.350 e. The summed E-state index contributed by atoms with van der Waals surface area (Å²) >= 11 is 0. The maximum Gasteiger partial charge on any atom is 0.243 e. The summed E-state index contributed by atoms with van der Waals surface area (Å²) in [5.41, 5.74) is 5.71. The van der Waals surface area contributed by atoms with Crippen LogP contribution in [0.25, 0.3) is 0 Å². The van der Waals surface area contributed by atoms with Crippen LogP contribution in [-0.2, 0) is 9.59 Å². The summed E-state index contributed by atoms with van der Waals surface area (Å²) in [7, 11) is 0. The Bertz CT molecular complexity index is 314. The van der Waals surface area contributed by atoms with Crippen LogP contribution in [0, 0.1) is 5.92 Å². The molecule has 0 heterocycles. The third kappa shape index (κ3) is 5.49. The first-order valence-corrected chi connectivity index (χ1v) is 7.86. The predicted molar refractivity (Wildman–Crippen MR) is 80.1 cm³/mol. The van der Waals surface area contributed by atoms with Crippen LogP contribution in [0.15, 0.2) is 0 Å². The monoisotopic (exact) mass is 283 g/mol. The van der Waals surface area contributed by atoms with Gasteiger partial charge in [-0.2, -0.15) is 0 Å². The Balaban J connectivity index is 2.59. The fraction of sp³-hybridized carbons (Fsp3) is 0.867. The number of unbranched alkanes of at least 4 members (excludes halogenated alkanes) is 1. The van der Waals surface area contributed by atoms with E-state index >= 15 is 0 Å². The second kappa shape index (κ2) is 8.95. The zero-order chi connectivity index (χ0) is 15.0. The van der Waals surface area contributed by atoms with Crippen LogP contribution in [0.4, 0.5) is 0 Å². The molecule has 2 atom stereocenters. The molecule has 1 aliphatic rings. The van der Waals surface area contributed by atoms with Crippen molar-refractivity contribution in [1.82, 2.24) is 10.6 Å². The normalized spacial score (nSPS) is 18.6. The van der Waals surface area contributed by atoms with E-state index in [1.54, 1.807) is 0 Å². The molecular weight excluding hydrogens is 254 g/mol. The van der Waals surface area contributed by atoms with Crippen LogP contribution < -0.4 is 16.4 Å². The number of hydrogen-bond donors (Lipinski definition) is 3. The zero-order valence-electron chi connectivity index (χ0n) is 12.8. The van der Waals surface area contributed by atoms with Crippen molar-refractivity contribution < 1.29 is 9.59 Å². The molecule has 2 unspecified atom stereocenters. The lowest BCUT2D eigenvalue weighted by Crippen LogP contribution is -2.53. The van der Waals surface area contributed by atoms with Crippen molar-refractivity contribution in [2.75, 3.05) is 6.54 Å². The Morgan fingerprint density at radius 2 is 1.90 bits per heavy atom. The third-order valence-electron chi connectivity index (χ3n) is 4.05. The highest BCUT2D eigenvalue weighted by atomic mass is 16.2. The van der Waals surface area contributed by atoms with Crippen LogP contribution in [0.3, 0.4) is 0 Å². The highest BCUT2D eigenvalue weighted by molar-refractivity contribution is 5.87. The number of rotatable bonds is 8. The number of nitrogens with two attached hydrogens (primary N) is 1. The summed E-state index contributed by atoms with van der Waals surface area (Å²) in [5, 5.41) is 5.82. The molecule has 4 N–H and O–H groups in total. The minimum absolute atomic E-state index is 0.0140. The summed E-state index contributed by atoms with van der Waals surface area (Å²) in [6.07, 6.45) is 7.35. The summed E-state index contributed by atoms with van der Waals surface area (Å²) in [5.74, 6) is 0.0528. The maximum atomic E-state index is 12.4. The van der Waals surface area contributed by atoms with Gasteiger partial charge in [0, 0.05) is 19.5 Å². The van der Waals surface area contributed by atoms with E-state index in [0.717, 1.165) is 44.9 Å². The number of hydrogen-bond acceptors (Lipinski definition) is 3. The van der Waals surface area contributed by atoms with Gasteiger partial charge in [-0.3, -0.25) is 9.59 Å². The summed E-state index contributed by atoms with van der Waals surface area (Å²) in [4.78, 5) is 23.7. The molecule has 0 radical (unpaired) electrons. The lowest BCUT2D eigenvalue weighted by molar-refractivity contribution is -0.129. The second-order valence-electron chi connectivity index (χ2n) is 5.81. The van der Waals surface area contributed by atoms with Gasteiger partial charge in [-0.1, -0.05) is 32.6 Å². The molecule has 0 aromatic carbocycles. The third-order valence-corrected chi connectivity index (χ3v) is 4.05. The van der Waals surface area contributed by atoms with Gasteiger partial charge in [0.05, 0.1) is 0 Å². The van der Waals surface area contributed by atoms with E-state index in [9.17, 15) is 9.59 Å². The lowest BCUT2D eigenvalue weighted by atomic mass is 9.96. The predicted octanol–water partition coefficient (Wildman–Crippen LogP) is 1.31. The zero-order valence-corrected chi connectivity index (χ0v) is 12.8. The number of carbonyl (C=O) groups excluding carboxylic acids is 2. The molecule has 116 valence electrons. The van der Waals surface area contributed by atoms with Gasteiger partial charge >= 0.3 is 0 Å². The quantitative estimate of drug-likeness (QED) is 0.628. The van der Waals surface area contributed by atoms with E-state index in [1.165, 1.54) is 6.92 Å². The second-order valence-corrected chi connectivity index (χ2v) is 5.81. The van der Waals surface area contributed by atoms with Crippen LogP contribution >= 0.6 is 0 Å². The molecule has 5 nitrogen and oxygen atoms in total. The van der Waals surface area contributed by atoms with Crippen molar-refractivity contribution in [1.29, 1.82) is 0 Å². The van der Waals surface area contributed by atoms with Crippen LogP contribution in [0.1, 0.15) is 58.8 Å². The van der Waals surface area contributed by atoms with E-state index in [-0.39, 0.29) is 23.8 Å². The highest BCUT2D eigenvalue weighted by Gasteiger charge is 2.31.